The van der Waals surface area contributed by atoms with Crippen LogP contribution >= 0.6 is 11.6 Å². The van der Waals surface area contributed by atoms with Gasteiger partial charge < -0.3 is 9.64 Å². The molecule has 0 aromatic carbocycles. The van der Waals surface area contributed by atoms with Gasteiger partial charge in [-0.15, -0.1) is 0 Å². The van der Waals surface area contributed by atoms with Crippen molar-refractivity contribution in [2.75, 3.05) is 27.7 Å². The second-order valence-corrected chi connectivity index (χ2v) is 3.44. The standard InChI is InChI=1S/C6H7ClN2O2.C3H9N/c1-2-11-6(10)9-4-3-8-5(9)7;1-4(2)3/h3-4H,2H2,1H3;1-3H3. The maximum Gasteiger partial charge on any atom is 0.420 e. The highest BCUT2D eigenvalue weighted by atomic mass is 35.5. The molecule has 0 atom stereocenters. The Hall–Kier alpha value is -1.07. The van der Waals surface area contributed by atoms with Gasteiger partial charge in [0.05, 0.1) is 6.61 Å². The number of carbonyl (C=O) groups is 1. The van der Waals surface area contributed by atoms with Crippen LogP contribution in [-0.2, 0) is 4.74 Å². The number of nitrogens with zero attached hydrogens (tertiary/aromatic N) is 3. The molecule has 0 radical (unpaired) electrons. The first-order chi connectivity index (χ1) is 6.99. The van der Waals surface area contributed by atoms with Crippen LogP contribution in [0.1, 0.15) is 6.92 Å². The SMILES string of the molecule is CCOC(=O)n1ccnc1Cl.CN(C)C. The van der Waals surface area contributed by atoms with Gasteiger partial charge in [-0.3, -0.25) is 0 Å². The van der Waals surface area contributed by atoms with Gasteiger partial charge in [-0.2, -0.15) is 0 Å². The summed E-state index contributed by atoms with van der Waals surface area (Å²) < 4.78 is 5.80. The van der Waals surface area contributed by atoms with Crippen molar-refractivity contribution in [3.63, 3.8) is 0 Å². The zero-order valence-corrected chi connectivity index (χ0v) is 10.2. The zero-order chi connectivity index (χ0) is 11.8. The van der Waals surface area contributed by atoms with Crippen molar-refractivity contribution in [2.45, 2.75) is 6.92 Å². The smallest absolute Gasteiger partial charge is 0.420 e. The quantitative estimate of drug-likeness (QED) is 0.741. The number of hydrogen-bond acceptors (Lipinski definition) is 4. The lowest BCUT2D eigenvalue weighted by molar-refractivity contribution is 0.154. The summed E-state index contributed by atoms with van der Waals surface area (Å²) in [4.78, 5) is 16.6. The molecule has 1 rings (SSSR count). The first kappa shape index (κ1) is 13.9. The molecule has 6 heteroatoms. The van der Waals surface area contributed by atoms with E-state index >= 15 is 0 Å². The van der Waals surface area contributed by atoms with E-state index in [0.29, 0.717) is 6.61 Å². The van der Waals surface area contributed by atoms with Crippen LogP contribution in [0.25, 0.3) is 0 Å². The maximum absolute atomic E-state index is 10.9. The third-order valence-corrected chi connectivity index (χ3v) is 1.34. The number of carbonyl (C=O) groups excluding carboxylic acids is 1. The molecule has 1 aromatic heterocycles. The predicted octanol–water partition coefficient (Wildman–Crippen LogP) is 1.72. The van der Waals surface area contributed by atoms with Crippen molar-refractivity contribution in [3.8, 4) is 0 Å². The fourth-order valence-corrected chi connectivity index (χ4v) is 0.796. The summed E-state index contributed by atoms with van der Waals surface area (Å²) in [6.07, 6.45) is 2.37. The molecule has 0 saturated carbocycles. The van der Waals surface area contributed by atoms with Gasteiger partial charge in [0.25, 0.3) is 0 Å². The Bertz CT molecular complexity index is 297. The fraction of sp³-hybridized carbons (Fsp3) is 0.556. The van der Waals surface area contributed by atoms with E-state index in [1.807, 2.05) is 26.0 Å². The molecule has 0 N–H and O–H groups in total. The van der Waals surface area contributed by atoms with Crippen LogP contribution in [0.5, 0.6) is 0 Å². The van der Waals surface area contributed by atoms with Crippen molar-refractivity contribution < 1.29 is 9.53 Å². The Morgan fingerprint density at radius 2 is 2.13 bits per heavy atom. The van der Waals surface area contributed by atoms with Crippen molar-refractivity contribution in [3.05, 3.63) is 17.7 Å². The maximum atomic E-state index is 10.9. The topological polar surface area (TPSA) is 47.4 Å². The molecular weight excluding hydrogens is 218 g/mol. The molecule has 0 unspecified atom stereocenters. The molecule has 0 fully saturated rings. The minimum absolute atomic E-state index is 0.114. The van der Waals surface area contributed by atoms with Gasteiger partial charge in [-0.1, -0.05) is 0 Å². The first-order valence-corrected chi connectivity index (χ1v) is 4.83. The first-order valence-electron chi connectivity index (χ1n) is 4.46. The van der Waals surface area contributed by atoms with Crippen LogP contribution in [-0.4, -0.2) is 48.3 Å². The van der Waals surface area contributed by atoms with Crippen molar-refractivity contribution in [2.24, 2.45) is 0 Å². The van der Waals surface area contributed by atoms with Crippen molar-refractivity contribution in [1.29, 1.82) is 0 Å². The predicted molar refractivity (Wildman–Crippen MR) is 59.3 cm³/mol. The molecule has 0 aliphatic rings. The number of hydrogen-bond donors (Lipinski definition) is 0. The molecule has 86 valence electrons. The highest BCUT2D eigenvalue weighted by molar-refractivity contribution is 6.29. The van der Waals surface area contributed by atoms with Crippen molar-refractivity contribution in [1.82, 2.24) is 14.5 Å². The van der Waals surface area contributed by atoms with E-state index in [2.05, 4.69) is 9.72 Å². The summed E-state index contributed by atoms with van der Waals surface area (Å²) in [6, 6.07) is 0. The van der Waals surface area contributed by atoms with Crippen molar-refractivity contribution >= 4 is 17.7 Å². The van der Waals surface area contributed by atoms with Gasteiger partial charge in [0.2, 0.25) is 5.28 Å². The molecule has 0 bridgehead atoms. The normalized spacial score (nSPS) is 9.47. The summed E-state index contributed by atoms with van der Waals surface area (Å²) in [5, 5.41) is 0.114. The summed E-state index contributed by atoms with van der Waals surface area (Å²) in [6.45, 7) is 2.05. The van der Waals surface area contributed by atoms with E-state index in [4.69, 9.17) is 11.6 Å². The average Bonchev–Trinajstić information content (AvgIpc) is 2.50. The number of imidazole rings is 1. The molecule has 0 aliphatic carbocycles. The number of halogens is 1. The number of ether oxygens (including phenoxy) is 1. The van der Waals surface area contributed by atoms with Crippen LogP contribution < -0.4 is 0 Å². The molecule has 5 nitrogen and oxygen atoms in total. The van der Waals surface area contributed by atoms with Gasteiger partial charge in [-0.05, 0) is 39.7 Å². The summed E-state index contributed by atoms with van der Waals surface area (Å²) in [5.74, 6) is 0. The molecule has 0 saturated heterocycles. The Labute approximate surface area is 94.6 Å². The summed E-state index contributed by atoms with van der Waals surface area (Å²) >= 11 is 5.52. The molecule has 0 amide bonds. The largest absolute Gasteiger partial charge is 0.449 e. The van der Waals surface area contributed by atoms with Crippen LogP contribution in [0.15, 0.2) is 12.4 Å². The second-order valence-electron chi connectivity index (χ2n) is 3.11. The van der Waals surface area contributed by atoms with Gasteiger partial charge in [0, 0.05) is 12.4 Å². The minimum Gasteiger partial charge on any atom is -0.449 e. The lowest BCUT2D eigenvalue weighted by Crippen LogP contribution is -2.12. The molecule has 1 heterocycles. The Balaban J connectivity index is 0.000000423. The zero-order valence-electron chi connectivity index (χ0n) is 9.40. The second kappa shape index (κ2) is 7.25. The third kappa shape index (κ3) is 6.09. The van der Waals surface area contributed by atoms with Crippen LogP contribution in [0, 0.1) is 0 Å². The van der Waals surface area contributed by atoms with E-state index in [1.54, 1.807) is 6.92 Å². The summed E-state index contributed by atoms with van der Waals surface area (Å²) in [5.41, 5.74) is 0. The van der Waals surface area contributed by atoms with E-state index in [0.717, 1.165) is 4.57 Å². The molecule has 15 heavy (non-hydrogen) atoms. The van der Waals surface area contributed by atoms with Gasteiger partial charge in [0.15, 0.2) is 0 Å². The van der Waals surface area contributed by atoms with Crippen LogP contribution in [0.3, 0.4) is 0 Å². The molecule has 0 spiro atoms. The Morgan fingerprint density at radius 3 is 2.47 bits per heavy atom. The van der Waals surface area contributed by atoms with Crippen LogP contribution in [0.4, 0.5) is 4.79 Å². The van der Waals surface area contributed by atoms with Gasteiger partial charge in [0.1, 0.15) is 0 Å². The van der Waals surface area contributed by atoms with E-state index < -0.39 is 6.09 Å². The number of rotatable bonds is 1. The van der Waals surface area contributed by atoms with E-state index in [9.17, 15) is 4.79 Å². The minimum atomic E-state index is -0.505. The summed E-state index contributed by atoms with van der Waals surface area (Å²) in [7, 11) is 6.00. The van der Waals surface area contributed by atoms with Gasteiger partial charge >= 0.3 is 6.09 Å². The average molecular weight is 234 g/mol. The fourth-order valence-electron chi connectivity index (χ4n) is 0.614. The lowest BCUT2D eigenvalue weighted by atomic mass is 10.8. The highest BCUT2D eigenvalue weighted by Gasteiger charge is 2.07. The molecule has 0 aliphatic heterocycles. The van der Waals surface area contributed by atoms with E-state index in [-0.39, 0.29) is 5.28 Å². The Kier molecular flexibility index (Phi) is 6.73. The highest BCUT2D eigenvalue weighted by Crippen LogP contribution is 2.04. The molecule has 1 aromatic rings. The number of aromatic nitrogens is 2. The van der Waals surface area contributed by atoms with Gasteiger partial charge in [-0.25, -0.2) is 14.3 Å². The Morgan fingerprint density at radius 1 is 1.60 bits per heavy atom. The van der Waals surface area contributed by atoms with Crippen LogP contribution in [0.2, 0.25) is 5.28 Å². The monoisotopic (exact) mass is 233 g/mol. The third-order valence-electron chi connectivity index (χ3n) is 1.06. The molecular formula is C9H16ClN3O2. The van der Waals surface area contributed by atoms with E-state index in [1.165, 1.54) is 12.4 Å². The lowest BCUT2D eigenvalue weighted by Gasteiger charge is -2.00.